The van der Waals surface area contributed by atoms with Gasteiger partial charge in [-0.2, -0.15) is 0 Å². The predicted octanol–water partition coefficient (Wildman–Crippen LogP) is 3.48. The van der Waals surface area contributed by atoms with E-state index in [4.69, 9.17) is 22.1 Å². The molecule has 5 rings (SSSR count). The summed E-state index contributed by atoms with van der Waals surface area (Å²) in [6, 6.07) is 13.2. The Balaban J connectivity index is 1.86. The number of carbonyl (C=O) groups is 2. The van der Waals surface area contributed by atoms with Crippen molar-refractivity contribution in [3.8, 4) is 5.75 Å². The quantitative estimate of drug-likeness (QED) is 0.442. The molecule has 0 radical (unpaired) electrons. The molecule has 0 saturated carbocycles. The van der Waals surface area contributed by atoms with Crippen LogP contribution in [-0.2, 0) is 31.7 Å². The van der Waals surface area contributed by atoms with E-state index < -0.39 is 33.3 Å². The van der Waals surface area contributed by atoms with Gasteiger partial charge in [0.2, 0.25) is 5.91 Å². The third-order valence-electron chi connectivity index (χ3n) is 7.71. The van der Waals surface area contributed by atoms with Crippen molar-refractivity contribution in [2.24, 2.45) is 5.73 Å². The lowest BCUT2D eigenvalue weighted by Gasteiger charge is -2.42. The first-order valence-electron chi connectivity index (χ1n) is 13.0. The molecule has 41 heavy (non-hydrogen) atoms. The Hall–Kier alpha value is -3.51. The van der Waals surface area contributed by atoms with Crippen LogP contribution in [0.5, 0.6) is 5.75 Å². The number of ether oxygens (including phenoxy) is 1. The SMILES string of the molecule is COc1cc(CN)ccc1[C@]1(N2CCCC2C(=O)N(C)C)C(=O)N(S(=O)(=O)c2ccc(F)cc2)c2ccc(Cl)cc21. The molecular weight excluding hydrogens is 571 g/mol. The molecule has 2 heterocycles. The van der Waals surface area contributed by atoms with Crippen LogP contribution in [0.1, 0.15) is 29.5 Å². The zero-order valence-corrected chi connectivity index (χ0v) is 24.4. The van der Waals surface area contributed by atoms with Crippen molar-refractivity contribution >= 4 is 39.1 Å². The number of halogens is 2. The molecule has 2 atom stereocenters. The maximum absolute atomic E-state index is 15.0. The van der Waals surface area contributed by atoms with Crippen molar-refractivity contribution in [3.05, 3.63) is 88.2 Å². The number of hydrogen-bond acceptors (Lipinski definition) is 7. The van der Waals surface area contributed by atoms with E-state index in [1.165, 1.54) is 24.1 Å². The molecule has 1 saturated heterocycles. The van der Waals surface area contributed by atoms with Crippen LogP contribution in [0.3, 0.4) is 0 Å². The number of sulfonamides is 1. The van der Waals surface area contributed by atoms with Crippen molar-refractivity contribution in [2.45, 2.75) is 35.9 Å². The molecule has 0 bridgehead atoms. The van der Waals surface area contributed by atoms with Crippen LogP contribution in [0.4, 0.5) is 10.1 Å². The first kappa shape index (κ1) is 29.0. The average Bonchev–Trinajstić information content (AvgIpc) is 3.53. The van der Waals surface area contributed by atoms with Crippen molar-refractivity contribution < 1.29 is 27.1 Å². The lowest BCUT2D eigenvalue weighted by molar-refractivity contribution is -0.138. The van der Waals surface area contributed by atoms with Gasteiger partial charge < -0.3 is 15.4 Å². The van der Waals surface area contributed by atoms with Gasteiger partial charge in [0.25, 0.3) is 15.9 Å². The Bertz CT molecular complexity index is 1630. The molecular formula is C29H30ClFN4O5S. The molecule has 0 aliphatic carbocycles. The molecule has 2 N–H and O–H groups in total. The largest absolute Gasteiger partial charge is 0.496 e. The van der Waals surface area contributed by atoms with Gasteiger partial charge in [0, 0.05) is 43.3 Å². The molecule has 9 nitrogen and oxygen atoms in total. The minimum absolute atomic E-state index is 0.0802. The van der Waals surface area contributed by atoms with Gasteiger partial charge in [0.1, 0.15) is 11.6 Å². The van der Waals surface area contributed by atoms with E-state index in [0.29, 0.717) is 30.7 Å². The van der Waals surface area contributed by atoms with Gasteiger partial charge in [0.15, 0.2) is 5.54 Å². The number of methoxy groups -OCH3 is 1. The third kappa shape index (κ3) is 4.47. The van der Waals surface area contributed by atoms with Crippen LogP contribution < -0.4 is 14.8 Å². The summed E-state index contributed by atoms with van der Waals surface area (Å²) in [6.45, 7) is 0.519. The lowest BCUT2D eigenvalue weighted by Crippen LogP contribution is -2.59. The summed E-state index contributed by atoms with van der Waals surface area (Å²) in [5.41, 5.74) is 5.53. The second-order valence-corrected chi connectivity index (χ2v) is 12.4. The number of likely N-dealkylation sites (N-methyl/N-ethyl adjacent to an activating group) is 1. The van der Waals surface area contributed by atoms with Crippen molar-refractivity contribution in [1.29, 1.82) is 0 Å². The molecule has 3 aromatic rings. The van der Waals surface area contributed by atoms with E-state index >= 15 is 4.79 Å². The monoisotopic (exact) mass is 600 g/mol. The number of carbonyl (C=O) groups excluding carboxylic acids is 2. The van der Waals surface area contributed by atoms with E-state index in [-0.39, 0.29) is 33.6 Å². The minimum atomic E-state index is -4.53. The second kappa shape index (κ2) is 10.7. The molecule has 2 amide bonds. The molecule has 0 aromatic heterocycles. The third-order valence-corrected chi connectivity index (χ3v) is 9.66. The van der Waals surface area contributed by atoms with E-state index in [2.05, 4.69) is 0 Å². The summed E-state index contributed by atoms with van der Waals surface area (Å²) in [4.78, 5) is 31.4. The van der Waals surface area contributed by atoms with Gasteiger partial charge >= 0.3 is 0 Å². The van der Waals surface area contributed by atoms with Gasteiger partial charge in [-0.15, -0.1) is 0 Å². The van der Waals surface area contributed by atoms with Crippen LogP contribution in [0.25, 0.3) is 0 Å². The van der Waals surface area contributed by atoms with Crippen LogP contribution in [-0.4, -0.2) is 63.8 Å². The highest BCUT2D eigenvalue weighted by Gasteiger charge is 2.63. The molecule has 2 aliphatic rings. The fraction of sp³-hybridized carbons (Fsp3) is 0.310. The summed E-state index contributed by atoms with van der Waals surface area (Å²) in [5.74, 6) is -1.37. The van der Waals surface area contributed by atoms with E-state index in [0.717, 1.165) is 34.1 Å². The van der Waals surface area contributed by atoms with Gasteiger partial charge in [-0.3, -0.25) is 14.5 Å². The number of rotatable bonds is 7. The van der Waals surface area contributed by atoms with Crippen LogP contribution in [0.2, 0.25) is 5.02 Å². The van der Waals surface area contributed by atoms with Crippen LogP contribution in [0, 0.1) is 5.82 Å². The number of amides is 2. The molecule has 2 aliphatic heterocycles. The first-order chi connectivity index (χ1) is 19.5. The molecule has 1 fully saturated rings. The fourth-order valence-electron chi connectivity index (χ4n) is 5.87. The molecule has 1 unspecified atom stereocenters. The van der Waals surface area contributed by atoms with Gasteiger partial charge in [-0.05, 0) is 66.9 Å². The summed E-state index contributed by atoms with van der Waals surface area (Å²) in [5, 5.41) is 0.272. The second-order valence-electron chi connectivity index (χ2n) is 10.2. The number of nitrogens with zero attached hydrogens (tertiary/aromatic N) is 3. The number of benzene rings is 3. The Morgan fingerprint density at radius 1 is 1.12 bits per heavy atom. The standard InChI is InChI=1S/C29H30ClFN4O5S/c1-33(2)27(36)25-5-4-14-34(25)29(22-12-6-18(17-32)15-26(22)40-3)23-16-19(30)7-13-24(23)35(28(29)37)41(38,39)21-10-8-20(31)9-11-21/h6-13,15-16,25H,4-5,14,17,32H2,1-3H3/t25?,29-/m1/s1. The Labute approximate surface area is 243 Å². The zero-order chi connectivity index (χ0) is 29.7. The number of fused-ring (bicyclic) bond motifs is 1. The lowest BCUT2D eigenvalue weighted by atomic mass is 9.80. The Kier molecular flexibility index (Phi) is 7.58. The number of likely N-dealkylation sites (tertiary alicyclic amines) is 1. The maximum Gasteiger partial charge on any atom is 0.271 e. The van der Waals surface area contributed by atoms with Gasteiger partial charge in [-0.25, -0.2) is 17.1 Å². The summed E-state index contributed by atoms with van der Waals surface area (Å²) >= 11 is 6.50. The topological polar surface area (TPSA) is 113 Å². The normalized spacial score (nSPS) is 20.8. The maximum atomic E-state index is 15.0. The van der Waals surface area contributed by atoms with Gasteiger partial charge in [-0.1, -0.05) is 23.7 Å². The van der Waals surface area contributed by atoms with Crippen molar-refractivity contribution in [1.82, 2.24) is 9.80 Å². The average molecular weight is 601 g/mol. The fourth-order valence-corrected chi connectivity index (χ4v) is 7.51. The summed E-state index contributed by atoms with van der Waals surface area (Å²) in [6.07, 6.45) is 1.04. The minimum Gasteiger partial charge on any atom is -0.496 e. The Morgan fingerprint density at radius 3 is 2.46 bits per heavy atom. The zero-order valence-electron chi connectivity index (χ0n) is 22.8. The predicted molar refractivity (Wildman–Crippen MR) is 153 cm³/mol. The molecule has 3 aromatic carbocycles. The summed E-state index contributed by atoms with van der Waals surface area (Å²) < 4.78 is 48.5. The van der Waals surface area contributed by atoms with E-state index in [9.17, 15) is 17.6 Å². The first-order valence-corrected chi connectivity index (χ1v) is 14.8. The van der Waals surface area contributed by atoms with Crippen molar-refractivity contribution in [2.75, 3.05) is 32.1 Å². The summed E-state index contributed by atoms with van der Waals surface area (Å²) in [7, 11) is 0.182. The molecule has 0 spiro atoms. The van der Waals surface area contributed by atoms with Crippen LogP contribution in [0.15, 0.2) is 65.6 Å². The smallest absolute Gasteiger partial charge is 0.271 e. The molecule has 12 heteroatoms. The van der Waals surface area contributed by atoms with Crippen molar-refractivity contribution in [3.63, 3.8) is 0 Å². The van der Waals surface area contributed by atoms with Crippen LogP contribution >= 0.6 is 11.6 Å². The molecule has 216 valence electrons. The van der Waals surface area contributed by atoms with E-state index in [1.807, 2.05) is 0 Å². The van der Waals surface area contributed by atoms with E-state index in [1.54, 1.807) is 43.3 Å². The highest BCUT2D eigenvalue weighted by Crippen LogP contribution is 2.55. The number of anilines is 1. The number of nitrogens with two attached hydrogens (primary N) is 1. The number of hydrogen-bond donors (Lipinski definition) is 1. The Morgan fingerprint density at radius 2 is 1.83 bits per heavy atom. The van der Waals surface area contributed by atoms with Gasteiger partial charge in [0.05, 0.1) is 23.7 Å². The highest BCUT2D eigenvalue weighted by molar-refractivity contribution is 7.93. The highest BCUT2D eigenvalue weighted by atomic mass is 35.5.